The van der Waals surface area contributed by atoms with Crippen molar-refractivity contribution in [3.8, 4) is 5.75 Å². The number of nitrogens with two attached hydrogens (primary N) is 1. The van der Waals surface area contributed by atoms with Crippen molar-refractivity contribution in [1.82, 2.24) is 0 Å². The second kappa shape index (κ2) is 5.13. The summed E-state index contributed by atoms with van der Waals surface area (Å²) in [6.45, 7) is 6.73. The predicted octanol–water partition coefficient (Wildman–Crippen LogP) is 3.77. The van der Waals surface area contributed by atoms with Crippen LogP contribution in [0.15, 0.2) is 36.4 Å². The zero-order chi connectivity index (χ0) is 13.1. The van der Waals surface area contributed by atoms with Gasteiger partial charge in [-0.1, -0.05) is 35.9 Å². The molecule has 0 heterocycles. The number of aryl methyl sites for hydroxylation is 3. The van der Waals surface area contributed by atoms with Crippen LogP contribution in [-0.2, 0) is 6.61 Å². The zero-order valence-corrected chi connectivity index (χ0v) is 11.2. The maximum atomic E-state index is 5.99. The van der Waals surface area contributed by atoms with Crippen LogP contribution in [-0.4, -0.2) is 0 Å². The quantitative estimate of drug-likeness (QED) is 0.830. The average Bonchev–Trinajstić information content (AvgIpc) is 2.35. The fourth-order valence-electron chi connectivity index (χ4n) is 1.89. The van der Waals surface area contributed by atoms with E-state index >= 15 is 0 Å². The number of ether oxygens (including phenoxy) is 1. The molecule has 0 aliphatic heterocycles. The molecule has 0 amide bonds. The summed E-state index contributed by atoms with van der Waals surface area (Å²) >= 11 is 0. The Morgan fingerprint density at radius 1 is 1.00 bits per heavy atom. The van der Waals surface area contributed by atoms with Gasteiger partial charge in [-0.05, 0) is 43.5 Å². The number of anilines is 1. The lowest BCUT2D eigenvalue weighted by atomic mass is 10.1. The van der Waals surface area contributed by atoms with E-state index in [0.29, 0.717) is 6.61 Å². The number of nitrogen functional groups attached to an aromatic ring is 1. The van der Waals surface area contributed by atoms with Crippen molar-refractivity contribution in [2.45, 2.75) is 27.4 Å². The Bertz CT molecular complexity index is 559. The van der Waals surface area contributed by atoms with E-state index in [1.165, 1.54) is 16.7 Å². The minimum absolute atomic E-state index is 0.557. The lowest BCUT2D eigenvalue weighted by molar-refractivity contribution is 0.307. The first-order valence-corrected chi connectivity index (χ1v) is 6.12. The molecule has 0 fully saturated rings. The van der Waals surface area contributed by atoms with E-state index in [1.807, 2.05) is 25.1 Å². The van der Waals surface area contributed by atoms with Gasteiger partial charge in [-0.15, -0.1) is 0 Å². The number of benzene rings is 2. The van der Waals surface area contributed by atoms with Crippen molar-refractivity contribution in [2.24, 2.45) is 0 Å². The Morgan fingerprint density at radius 2 is 1.78 bits per heavy atom. The minimum Gasteiger partial charge on any atom is -0.487 e. The molecule has 2 nitrogen and oxygen atoms in total. The standard InChI is InChI=1S/C16H19NO/c1-11-7-8-12(2)14(9-11)10-18-15-6-4-5-13(3)16(15)17/h4-9H,10,17H2,1-3H3. The van der Waals surface area contributed by atoms with Gasteiger partial charge in [0.1, 0.15) is 12.4 Å². The van der Waals surface area contributed by atoms with Crippen LogP contribution in [0.5, 0.6) is 5.75 Å². The van der Waals surface area contributed by atoms with Crippen LogP contribution in [0.2, 0.25) is 0 Å². The first kappa shape index (κ1) is 12.5. The Labute approximate surface area is 108 Å². The molecule has 2 rings (SSSR count). The highest BCUT2D eigenvalue weighted by molar-refractivity contribution is 5.57. The van der Waals surface area contributed by atoms with Gasteiger partial charge in [0.25, 0.3) is 0 Å². The topological polar surface area (TPSA) is 35.2 Å². The van der Waals surface area contributed by atoms with E-state index in [9.17, 15) is 0 Å². The van der Waals surface area contributed by atoms with Crippen molar-refractivity contribution < 1.29 is 4.74 Å². The van der Waals surface area contributed by atoms with Gasteiger partial charge in [0.15, 0.2) is 0 Å². The van der Waals surface area contributed by atoms with E-state index in [0.717, 1.165) is 17.0 Å². The SMILES string of the molecule is Cc1ccc(C)c(COc2cccc(C)c2N)c1. The van der Waals surface area contributed by atoms with Gasteiger partial charge in [-0.2, -0.15) is 0 Å². The summed E-state index contributed by atoms with van der Waals surface area (Å²) in [7, 11) is 0. The van der Waals surface area contributed by atoms with Gasteiger partial charge in [0, 0.05) is 0 Å². The molecule has 2 aromatic carbocycles. The van der Waals surface area contributed by atoms with Crippen LogP contribution in [0.1, 0.15) is 22.3 Å². The molecule has 2 N–H and O–H groups in total. The summed E-state index contributed by atoms with van der Waals surface area (Å²) in [5, 5.41) is 0. The average molecular weight is 241 g/mol. The van der Waals surface area contributed by atoms with Gasteiger partial charge in [0.2, 0.25) is 0 Å². The van der Waals surface area contributed by atoms with Gasteiger partial charge in [0.05, 0.1) is 5.69 Å². The Hall–Kier alpha value is -1.96. The highest BCUT2D eigenvalue weighted by Crippen LogP contribution is 2.25. The molecule has 0 bridgehead atoms. The number of hydrogen-bond donors (Lipinski definition) is 1. The normalized spacial score (nSPS) is 10.4. The van der Waals surface area contributed by atoms with Crippen LogP contribution in [0, 0.1) is 20.8 Å². The molecular formula is C16H19NO. The molecule has 18 heavy (non-hydrogen) atoms. The number of rotatable bonds is 3. The third kappa shape index (κ3) is 2.65. The Balaban J connectivity index is 2.16. The summed E-state index contributed by atoms with van der Waals surface area (Å²) in [5.41, 5.74) is 11.5. The van der Waals surface area contributed by atoms with E-state index < -0.39 is 0 Å². The number of para-hydroxylation sites is 1. The number of hydrogen-bond acceptors (Lipinski definition) is 2. The smallest absolute Gasteiger partial charge is 0.142 e. The molecular weight excluding hydrogens is 222 g/mol. The predicted molar refractivity (Wildman–Crippen MR) is 75.8 cm³/mol. The molecule has 0 aromatic heterocycles. The van der Waals surface area contributed by atoms with Crippen molar-refractivity contribution >= 4 is 5.69 Å². The van der Waals surface area contributed by atoms with E-state index in [1.54, 1.807) is 0 Å². The van der Waals surface area contributed by atoms with Gasteiger partial charge >= 0.3 is 0 Å². The first-order valence-electron chi connectivity index (χ1n) is 6.12. The van der Waals surface area contributed by atoms with E-state index in [4.69, 9.17) is 10.5 Å². The molecule has 0 radical (unpaired) electrons. The summed E-state index contributed by atoms with van der Waals surface area (Å²) < 4.78 is 5.81. The maximum absolute atomic E-state index is 5.99. The van der Waals surface area contributed by atoms with Crippen LogP contribution in [0.25, 0.3) is 0 Å². The molecule has 0 aliphatic carbocycles. The second-order valence-corrected chi connectivity index (χ2v) is 4.71. The minimum atomic E-state index is 0.557. The summed E-state index contributed by atoms with van der Waals surface area (Å²) in [5.74, 6) is 0.760. The van der Waals surface area contributed by atoms with Crippen LogP contribution < -0.4 is 10.5 Å². The van der Waals surface area contributed by atoms with Crippen LogP contribution in [0.3, 0.4) is 0 Å². The Kier molecular flexibility index (Phi) is 3.56. The fourth-order valence-corrected chi connectivity index (χ4v) is 1.89. The summed E-state index contributed by atoms with van der Waals surface area (Å²) in [6.07, 6.45) is 0. The van der Waals surface area contributed by atoms with E-state index in [-0.39, 0.29) is 0 Å². The van der Waals surface area contributed by atoms with Gasteiger partial charge in [-0.3, -0.25) is 0 Å². The van der Waals surface area contributed by atoms with Crippen LogP contribution in [0.4, 0.5) is 5.69 Å². The molecule has 94 valence electrons. The second-order valence-electron chi connectivity index (χ2n) is 4.71. The monoisotopic (exact) mass is 241 g/mol. The van der Waals surface area contributed by atoms with Gasteiger partial charge in [-0.25, -0.2) is 0 Å². The molecule has 0 saturated heterocycles. The van der Waals surface area contributed by atoms with Crippen molar-refractivity contribution in [3.05, 3.63) is 58.7 Å². The van der Waals surface area contributed by atoms with Crippen LogP contribution >= 0.6 is 0 Å². The summed E-state index contributed by atoms with van der Waals surface area (Å²) in [6, 6.07) is 12.2. The third-order valence-corrected chi connectivity index (χ3v) is 3.17. The largest absolute Gasteiger partial charge is 0.487 e. The molecule has 0 unspecified atom stereocenters. The van der Waals surface area contributed by atoms with Crippen molar-refractivity contribution in [2.75, 3.05) is 5.73 Å². The zero-order valence-electron chi connectivity index (χ0n) is 11.2. The third-order valence-electron chi connectivity index (χ3n) is 3.17. The molecule has 0 spiro atoms. The molecule has 2 aromatic rings. The molecule has 0 aliphatic rings. The fraction of sp³-hybridized carbons (Fsp3) is 0.250. The Morgan fingerprint density at radius 3 is 2.56 bits per heavy atom. The van der Waals surface area contributed by atoms with Crippen molar-refractivity contribution in [1.29, 1.82) is 0 Å². The highest BCUT2D eigenvalue weighted by Gasteiger charge is 2.04. The molecule has 2 heteroatoms. The van der Waals surface area contributed by atoms with Gasteiger partial charge < -0.3 is 10.5 Å². The van der Waals surface area contributed by atoms with E-state index in [2.05, 4.69) is 32.0 Å². The molecule has 0 atom stereocenters. The lowest BCUT2D eigenvalue weighted by Crippen LogP contribution is -2.01. The lowest BCUT2D eigenvalue weighted by Gasteiger charge is -2.12. The maximum Gasteiger partial charge on any atom is 0.142 e. The first-order chi connectivity index (χ1) is 8.58. The highest BCUT2D eigenvalue weighted by atomic mass is 16.5. The van der Waals surface area contributed by atoms with Crippen molar-refractivity contribution in [3.63, 3.8) is 0 Å². The molecule has 0 saturated carbocycles. The summed E-state index contributed by atoms with van der Waals surface area (Å²) in [4.78, 5) is 0.